The average molecular weight is 303 g/mol. The number of carbonyl (C=O) groups is 1. The van der Waals surface area contributed by atoms with E-state index in [9.17, 15) is 9.59 Å². The van der Waals surface area contributed by atoms with Gasteiger partial charge in [-0.05, 0) is 48.9 Å². The first-order valence-electron chi connectivity index (χ1n) is 6.89. The van der Waals surface area contributed by atoms with E-state index >= 15 is 0 Å². The zero-order valence-electron chi connectivity index (χ0n) is 12.2. The monoisotopic (exact) mass is 303 g/mol. The van der Waals surface area contributed by atoms with E-state index in [4.69, 9.17) is 14.9 Å². The molecule has 6 heteroatoms. The molecule has 0 radical (unpaired) electrons. The van der Waals surface area contributed by atoms with E-state index in [0.29, 0.717) is 18.1 Å². The minimum Gasteiger partial charge on any atom is -0.494 e. The molecule has 0 saturated carbocycles. The maximum atomic E-state index is 12.2. The number of aromatic nitrogens is 1. The normalized spacial score (nSPS) is 10.5. The van der Waals surface area contributed by atoms with Gasteiger partial charge >= 0.3 is 5.97 Å². The zero-order valence-corrected chi connectivity index (χ0v) is 12.2. The lowest BCUT2D eigenvalue weighted by molar-refractivity contribution is 0.0694. The molecular weight excluding hydrogens is 286 g/mol. The molecule has 1 heterocycles. The molecule has 0 unspecified atom stereocenters. The summed E-state index contributed by atoms with van der Waals surface area (Å²) < 4.78 is 6.63. The summed E-state index contributed by atoms with van der Waals surface area (Å²) in [5, 5.41) is 18.2. The molecule has 2 rings (SSSR count). The molecule has 116 valence electrons. The molecule has 2 N–H and O–H groups in total. The molecule has 1 aromatic carbocycles. The molecule has 0 spiro atoms. The predicted octanol–water partition coefficient (Wildman–Crippen LogP) is 1.60. The van der Waals surface area contributed by atoms with Crippen molar-refractivity contribution in [3.8, 4) is 17.0 Å². The molecular formula is C16H17NO5. The van der Waals surface area contributed by atoms with Crippen LogP contribution in [0.3, 0.4) is 0 Å². The van der Waals surface area contributed by atoms with E-state index in [1.807, 2.05) is 6.92 Å². The van der Waals surface area contributed by atoms with Gasteiger partial charge in [-0.1, -0.05) is 0 Å². The largest absolute Gasteiger partial charge is 0.494 e. The van der Waals surface area contributed by atoms with Crippen molar-refractivity contribution in [2.24, 2.45) is 0 Å². The van der Waals surface area contributed by atoms with Crippen LogP contribution in [0, 0.1) is 0 Å². The molecule has 0 aliphatic rings. The van der Waals surface area contributed by atoms with Crippen molar-refractivity contribution in [3.05, 3.63) is 52.3 Å². The first-order chi connectivity index (χ1) is 10.6. The Morgan fingerprint density at radius 2 is 1.86 bits per heavy atom. The van der Waals surface area contributed by atoms with Crippen LogP contribution in [-0.4, -0.2) is 34.0 Å². The Morgan fingerprint density at radius 3 is 2.41 bits per heavy atom. The number of carboxylic acids is 1. The molecule has 0 bridgehead atoms. The first kappa shape index (κ1) is 15.8. The third-order valence-electron chi connectivity index (χ3n) is 3.19. The van der Waals surface area contributed by atoms with Crippen molar-refractivity contribution >= 4 is 5.97 Å². The Kier molecular flexibility index (Phi) is 4.95. The Bertz CT molecular complexity index is 718. The van der Waals surface area contributed by atoms with Crippen LogP contribution in [0.15, 0.2) is 41.2 Å². The number of aliphatic hydroxyl groups is 1. The van der Waals surface area contributed by atoms with Gasteiger partial charge < -0.3 is 19.5 Å². The molecule has 0 atom stereocenters. The fourth-order valence-electron chi connectivity index (χ4n) is 2.20. The fourth-order valence-corrected chi connectivity index (χ4v) is 2.20. The summed E-state index contributed by atoms with van der Waals surface area (Å²) in [7, 11) is 0. The summed E-state index contributed by atoms with van der Waals surface area (Å²) in [6, 6.07) is 9.97. The smallest absolute Gasteiger partial charge is 0.341 e. The number of pyridine rings is 1. The van der Waals surface area contributed by atoms with Gasteiger partial charge in [0.2, 0.25) is 0 Å². The molecule has 22 heavy (non-hydrogen) atoms. The summed E-state index contributed by atoms with van der Waals surface area (Å²) in [5.74, 6) is -0.570. The van der Waals surface area contributed by atoms with Crippen LogP contribution >= 0.6 is 0 Å². The lowest BCUT2D eigenvalue weighted by Gasteiger charge is -2.13. The van der Waals surface area contributed by atoms with E-state index < -0.39 is 11.5 Å². The Hall–Kier alpha value is -2.60. The van der Waals surface area contributed by atoms with Crippen LogP contribution in [0.2, 0.25) is 0 Å². The van der Waals surface area contributed by atoms with Crippen molar-refractivity contribution in [1.82, 2.24) is 4.57 Å². The van der Waals surface area contributed by atoms with Gasteiger partial charge in [-0.3, -0.25) is 4.79 Å². The van der Waals surface area contributed by atoms with Crippen molar-refractivity contribution in [2.45, 2.75) is 13.5 Å². The van der Waals surface area contributed by atoms with E-state index in [1.54, 1.807) is 30.3 Å². The number of nitrogens with zero attached hydrogens (tertiary/aromatic N) is 1. The van der Waals surface area contributed by atoms with Crippen LogP contribution in [0.5, 0.6) is 5.75 Å². The summed E-state index contributed by atoms with van der Waals surface area (Å²) >= 11 is 0. The summed E-state index contributed by atoms with van der Waals surface area (Å²) in [6.45, 7) is 2.22. The number of hydrogen-bond acceptors (Lipinski definition) is 4. The minimum atomic E-state index is -1.28. The van der Waals surface area contributed by atoms with Gasteiger partial charge in [0.15, 0.2) is 0 Å². The van der Waals surface area contributed by atoms with Crippen LogP contribution in [0.25, 0.3) is 11.3 Å². The zero-order chi connectivity index (χ0) is 16.1. The van der Waals surface area contributed by atoms with Crippen molar-refractivity contribution in [1.29, 1.82) is 0 Å². The van der Waals surface area contributed by atoms with Gasteiger partial charge in [-0.25, -0.2) is 4.79 Å². The maximum absolute atomic E-state index is 12.2. The standard InChI is InChI=1S/C16H17NO5/c1-2-22-12-5-3-11(4-6-12)14-8-7-13(16(20)21)15(19)17(14)9-10-18/h3-8,18H,2,9-10H2,1H3,(H,20,21). The number of ether oxygens (including phenoxy) is 1. The van der Waals surface area contributed by atoms with Crippen LogP contribution in [0.1, 0.15) is 17.3 Å². The highest BCUT2D eigenvalue weighted by atomic mass is 16.5. The molecule has 0 amide bonds. The lowest BCUT2D eigenvalue weighted by atomic mass is 10.1. The summed E-state index contributed by atoms with van der Waals surface area (Å²) in [6.07, 6.45) is 0. The highest BCUT2D eigenvalue weighted by Gasteiger charge is 2.14. The van der Waals surface area contributed by atoms with Crippen LogP contribution in [0.4, 0.5) is 0 Å². The summed E-state index contributed by atoms with van der Waals surface area (Å²) in [4.78, 5) is 23.3. The van der Waals surface area contributed by atoms with Gasteiger partial charge in [0.1, 0.15) is 11.3 Å². The average Bonchev–Trinajstić information content (AvgIpc) is 2.50. The number of aliphatic hydroxyl groups excluding tert-OH is 1. The Balaban J connectivity index is 2.52. The van der Waals surface area contributed by atoms with E-state index in [1.165, 1.54) is 10.6 Å². The molecule has 2 aromatic rings. The molecule has 0 aliphatic carbocycles. The highest BCUT2D eigenvalue weighted by Crippen LogP contribution is 2.22. The predicted molar refractivity (Wildman–Crippen MR) is 81.4 cm³/mol. The van der Waals surface area contributed by atoms with Gasteiger partial charge in [0, 0.05) is 6.54 Å². The number of rotatable bonds is 6. The fraction of sp³-hybridized carbons (Fsp3) is 0.250. The van der Waals surface area contributed by atoms with Crippen LogP contribution < -0.4 is 10.3 Å². The molecule has 6 nitrogen and oxygen atoms in total. The molecule has 0 saturated heterocycles. The van der Waals surface area contributed by atoms with Crippen molar-refractivity contribution in [2.75, 3.05) is 13.2 Å². The van der Waals surface area contributed by atoms with Gasteiger partial charge in [0.25, 0.3) is 5.56 Å². The highest BCUT2D eigenvalue weighted by molar-refractivity contribution is 5.87. The molecule has 0 fully saturated rings. The van der Waals surface area contributed by atoms with Gasteiger partial charge in [-0.15, -0.1) is 0 Å². The van der Waals surface area contributed by atoms with E-state index in [2.05, 4.69) is 0 Å². The van der Waals surface area contributed by atoms with Gasteiger partial charge in [0.05, 0.1) is 18.9 Å². The second-order valence-corrected chi connectivity index (χ2v) is 4.58. The summed E-state index contributed by atoms with van der Waals surface area (Å²) in [5.41, 5.74) is 0.342. The third kappa shape index (κ3) is 3.17. The lowest BCUT2D eigenvalue weighted by Crippen LogP contribution is -2.28. The number of aromatic carboxylic acids is 1. The number of benzene rings is 1. The minimum absolute atomic E-state index is 0.0303. The Labute approximate surface area is 127 Å². The molecule has 1 aromatic heterocycles. The molecule has 0 aliphatic heterocycles. The number of hydrogen-bond donors (Lipinski definition) is 2. The van der Waals surface area contributed by atoms with Gasteiger partial charge in [-0.2, -0.15) is 0 Å². The number of carboxylic acid groups (broad SMARTS) is 1. The van der Waals surface area contributed by atoms with Crippen LogP contribution in [-0.2, 0) is 6.54 Å². The first-order valence-corrected chi connectivity index (χ1v) is 6.89. The topological polar surface area (TPSA) is 88.8 Å². The van der Waals surface area contributed by atoms with E-state index in [-0.39, 0.29) is 18.7 Å². The van der Waals surface area contributed by atoms with E-state index in [0.717, 1.165) is 5.56 Å². The quantitative estimate of drug-likeness (QED) is 0.846. The van der Waals surface area contributed by atoms with Crippen molar-refractivity contribution in [3.63, 3.8) is 0 Å². The SMILES string of the molecule is CCOc1ccc(-c2ccc(C(=O)O)c(=O)n2CCO)cc1. The second-order valence-electron chi connectivity index (χ2n) is 4.58. The maximum Gasteiger partial charge on any atom is 0.341 e. The second kappa shape index (κ2) is 6.91. The Morgan fingerprint density at radius 1 is 1.18 bits per heavy atom. The van der Waals surface area contributed by atoms with Crippen molar-refractivity contribution < 1.29 is 19.7 Å². The third-order valence-corrected chi connectivity index (χ3v) is 3.19.